The number of aryl methyl sites for hydroxylation is 1. The van der Waals surface area contributed by atoms with Crippen molar-refractivity contribution < 1.29 is 14.7 Å². The third-order valence-electron chi connectivity index (χ3n) is 2.90. The number of hydrogen-bond donors (Lipinski definition) is 3. The molecule has 1 aromatic carbocycles. The smallest absolute Gasteiger partial charge is 0.337 e. The molecule has 1 aromatic rings. The first-order valence-corrected chi connectivity index (χ1v) is 6.31. The van der Waals surface area contributed by atoms with E-state index in [0.29, 0.717) is 5.69 Å². The maximum atomic E-state index is 11.7. The summed E-state index contributed by atoms with van der Waals surface area (Å²) < 4.78 is 0. The molecule has 0 saturated heterocycles. The normalized spacial score (nSPS) is 11.9. The average Bonchev–Trinajstić information content (AvgIpc) is 2.37. The number of amides is 1. The highest BCUT2D eigenvalue weighted by molar-refractivity contribution is 6.01. The second kappa shape index (κ2) is 6.89. The second-order valence-electron chi connectivity index (χ2n) is 4.59. The number of carboxylic acids is 1. The van der Waals surface area contributed by atoms with E-state index in [-0.39, 0.29) is 24.1 Å². The molecule has 5 nitrogen and oxygen atoms in total. The van der Waals surface area contributed by atoms with Gasteiger partial charge in [0, 0.05) is 6.04 Å². The monoisotopic (exact) mass is 264 g/mol. The van der Waals surface area contributed by atoms with Crippen LogP contribution in [0.1, 0.15) is 36.2 Å². The van der Waals surface area contributed by atoms with Crippen LogP contribution in [-0.2, 0) is 4.79 Å². The van der Waals surface area contributed by atoms with Crippen LogP contribution in [0.2, 0.25) is 0 Å². The first-order chi connectivity index (χ1) is 8.93. The molecule has 0 radical (unpaired) electrons. The number of hydrogen-bond acceptors (Lipinski definition) is 3. The molecule has 0 aliphatic rings. The molecule has 0 fully saturated rings. The summed E-state index contributed by atoms with van der Waals surface area (Å²) in [5.74, 6) is -1.29. The topological polar surface area (TPSA) is 78.4 Å². The van der Waals surface area contributed by atoms with Gasteiger partial charge in [-0.2, -0.15) is 0 Å². The number of anilines is 1. The predicted octanol–water partition coefficient (Wildman–Crippen LogP) is 2.02. The van der Waals surface area contributed by atoms with Crippen molar-refractivity contribution in [3.8, 4) is 0 Å². The molecule has 0 aromatic heterocycles. The summed E-state index contributed by atoms with van der Waals surface area (Å²) in [6.07, 6.45) is 0.929. The molecule has 1 atom stereocenters. The van der Waals surface area contributed by atoms with Crippen LogP contribution in [0.4, 0.5) is 5.69 Å². The quantitative estimate of drug-likeness (QED) is 0.734. The summed E-state index contributed by atoms with van der Waals surface area (Å²) >= 11 is 0. The minimum absolute atomic E-state index is 0.108. The Bertz CT molecular complexity index is 472. The highest BCUT2D eigenvalue weighted by Crippen LogP contribution is 2.17. The number of carbonyl (C=O) groups excluding carboxylic acids is 1. The van der Waals surface area contributed by atoms with Crippen molar-refractivity contribution in [1.29, 1.82) is 0 Å². The van der Waals surface area contributed by atoms with Crippen molar-refractivity contribution in [2.75, 3.05) is 11.9 Å². The van der Waals surface area contributed by atoms with E-state index < -0.39 is 5.97 Å². The first-order valence-electron chi connectivity index (χ1n) is 6.31. The van der Waals surface area contributed by atoms with Gasteiger partial charge in [-0.3, -0.25) is 4.79 Å². The van der Waals surface area contributed by atoms with Crippen LogP contribution >= 0.6 is 0 Å². The van der Waals surface area contributed by atoms with Crippen LogP contribution in [0.15, 0.2) is 18.2 Å². The Morgan fingerprint density at radius 2 is 2.05 bits per heavy atom. The maximum Gasteiger partial charge on any atom is 0.337 e. The molecule has 19 heavy (non-hydrogen) atoms. The molecular formula is C14H20N2O3. The number of carbonyl (C=O) groups is 2. The zero-order valence-electron chi connectivity index (χ0n) is 11.5. The van der Waals surface area contributed by atoms with Gasteiger partial charge in [0.25, 0.3) is 0 Å². The third kappa shape index (κ3) is 4.71. The highest BCUT2D eigenvalue weighted by Gasteiger charge is 2.12. The lowest BCUT2D eigenvalue weighted by atomic mass is 10.1. The van der Waals surface area contributed by atoms with Gasteiger partial charge in [-0.15, -0.1) is 0 Å². The van der Waals surface area contributed by atoms with Gasteiger partial charge in [0.1, 0.15) is 0 Å². The van der Waals surface area contributed by atoms with E-state index in [1.165, 1.54) is 0 Å². The first kappa shape index (κ1) is 15.2. The van der Waals surface area contributed by atoms with Crippen molar-refractivity contribution in [3.05, 3.63) is 29.3 Å². The molecule has 0 spiro atoms. The number of nitrogens with one attached hydrogen (secondary N) is 2. The van der Waals surface area contributed by atoms with E-state index >= 15 is 0 Å². The SMILES string of the molecule is CCC(C)NCC(=O)Nc1ccc(C)cc1C(=O)O. The molecule has 3 N–H and O–H groups in total. The Morgan fingerprint density at radius 3 is 2.63 bits per heavy atom. The lowest BCUT2D eigenvalue weighted by molar-refractivity contribution is -0.115. The molecule has 1 rings (SSSR count). The van der Waals surface area contributed by atoms with E-state index in [9.17, 15) is 9.59 Å². The van der Waals surface area contributed by atoms with Gasteiger partial charge in [0.2, 0.25) is 5.91 Å². The van der Waals surface area contributed by atoms with Gasteiger partial charge in [-0.1, -0.05) is 18.6 Å². The molecule has 1 amide bonds. The van der Waals surface area contributed by atoms with Gasteiger partial charge < -0.3 is 15.7 Å². The van der Waals surface area contributed by atoms with Crippen LogP contribution in [-0.4, -0.2) is 29.6 Å². The molecule has 0 aliphatic carbocycles. The fourth-order valence-electron chi connectivity index (χ4n) is 1.55. The number of carboxylic acid groups (broad SMARTS) is 1. The van der Waals surface area contributed by atoms with Crippen LogP contribution in [0.3, 0.4) is 0 Å². The Kier molecular flexibility index (Phi) is 5.51. The van der Waals surface area contributed by atoms with Crippen molar-refractivity contribution >= 4 is 17.6 Å². The van der Waals surface area contributed by atoms with E-state index in [1.54, 1.807) is 18.2 Å². The Balaban J connectivity index is 2.71. The minimum Gasteiger partial charge on any atom is -0.478 e. The molecule has 1 unspecified atom stereocenters. The zero-order chi connectivity index (χ0) is 14.4. The van der Waals surface area contributed by atoms with Gasteiger partial charge in [0.15, 0.2) is 0 Å². The molecule has 0 heterocycles. The fourth-order valence-corrected chi connectivity index (χ4v) is 1.55. The second-order valence-corrected chi connectivity index (χ2v) is 4.59. The fraction of sp³-hybridized carbons (Fsp3) is 0.429. The average molecular weight is 264 g/mol. The highest BCUT2D eigenvalue weighted by atomic mass is 16.4. The van der Waals surface area contributed by atoms with E-state index in [0.717, 1.165) is 12.0 Å². The molecule has 104 valence electrons. The van der Waals surface area contributed by atoms with Gasteiger partial charge in [-0.25, -0.2) is 4.79 Å². The van der Waals surface area contributed by atoms with Crippen LogP contribution in [0.5, 0.6) is 0 Å². The van der Waals surface area contributed by atoms with Crippen molar-refractivity contribution in [2.45, 2.75) is 33.2 Å². The van der Waals surface area contributed by atoms with E-state index in [4.69, 9.17) is 5.11 Å². The number of rotatable bonds is 6. The Labute approximate surface area is 113 Å². The number of aromatic carboxylic acids is 1. The molecular weight excluding hydrogens is 244 g/mol. The van der Waals surface area contributed by atoms with Gasteiger partial charge >= 0.3 is 5.97 Å². The summed E-state index contributed by atoms with van der Waals surface area (Å²) in [5, 5.41) is 14.8. The molecule has 0 aliphatic heterocycles. The van der Waals surface area contributed by atoms with E-state index in [2.05, 4.69) is 10.6 Å². The third-order valence-corrected chi connectivity index (χ3v) is 2.90. The zero-order valence-corrected chi connectivity index (χ0v) is 11.5. The molecule has 0 bridgehead atoms. The van der Waals surface area contributed by atoms with Crippen LogP contribution in [0.25, 0.3) is 0 Å². The molecule has 0 saturated carbocycles. The van der Waals surface area contributed by atoms with Crippen LogP contribution < -0.4 is 10.6 Å². The summed E-state index contributed by atoms with van der Waals surface area (Å²) in [5.41, 5.74) is 1.28. The summed E-state index contributed by atoms with van der Waals surface area (Å²) in [4.78, 5) is 22.8. The lowest BCUT2D eigenvalue weighted by Crippen LogP contribution is -2.34. The van der Waals surface area contributed by atoms with Crippen molar-refractivity contribution in [1.82, 2.24) is 5.32 Å². The van der Waals surface area contributed by atoms with Crippen LogP contribution in [0, 0.1) is 6.92 Å². The standard InChI is InChI=1S/C14H20N2O3/c1-4-10(3)15-8-13(17)16-12-6-5-9(2)7-11(12)14(18)19/h5-7,10,15H,4,8H2,1-3H3,(H,16,17)(H,18,19). The largest absolute Gasteiger partial charge is 0.478 e. The molecule has 5 heteroatoms. The van der Waals surface area contributed by atoms with Gasteiger partial charge in [0.05, 0.1) is 17.8 Å². The van der Waals surface area contributed by atoms with E-state index in [1.807, 2.05) is 20.8 Å². The maximum absolute atomic E-state index is 11.7. The summed E-state index contributed by atoms with van der Waals surface area (Å²) in [6.45, 7) is 5.99. The predicted molar refractivity (Wildman–Crippen MR) is 74.5 cm³/mol. The summed E-state index contributed by atoms with van der Waals surface area (Å²) in [6, 6.07) is 5.17. The van der Waals surface area contributed by atoms with Gasteiger partial charge in [-0.05, 0) is 32.4 Å². The van der Waals surface area contributed by atoms with Crippen molar-refractivity contribution in [2.24, 2.45) is 0 Å². The number of benzene rings is 1. The van der Waals surface area contributed by atoms with Crippen molar-refractivity contribution in [3.63, 3.8) is 0 Å². The lowest BCUT2D eigenvalue weighted by Gasteiger charge is -2.12. The summed E-state index contributed by atoms with van der Waals surface area (Å²) in [7, 11) is 0. The Morgan fingerprint density at radius 1 is 1.37 bits per heavy atom. The minimum atomic E-state index is -1.05. The Hall–Kier alpha value is -1.88.